The van der Waals surface area contributed by atoms with Crippen LogP contribution < -0.4 is 15.1 Å². The molecule has 4 aromatic rings. The van der Waals surface area contributed by atoms with Crippen LogP contribution >= 0.6 is 23.8 Å². The van der Waals surface area contributed by atoms with Gasteiger partial charge in [-0.3, -0.25) is 4.98 Å². The normalized spacial score (nSPS) is 19.3. The Morgan fingerprint density at radius 1 is 1.02 bits per heavy atom. The molecule has 2 aliphatic rings. The van der Waals surface area contributed by atoms with Crippen LogP contribution in [0.1, 0.15) is 64.9 Å². The van der Waals surface area contributed by atoms with Gasteiger partial charge in [0.05, 0.1) is 34.1 Å². The number of thiocarbonyl (C=S) groups is 1. The molecule has 9 heteroatoms. The van der Waals surface area contributed by atoms with Crippen molar-refractivity contribution in [1.29, 1.82) is 0 Å². The smallest absolute Gasteiger partial charge is 0.335 e. The molecular formula is C33H34ClN5O2S. The number of hydrogen-bond acceptors (Lipinski definition) is 4. The molecule has 0 spiro atoms. The minimum atomic E-state index is -0.953. The highest BCUT2D eigenvalue weighted by molar-refractivity contribution is 7.80. The maximum atomic E-state index is 11.7. The van der Waals surface area contributed by atoms with Crippen LogP contribution in [0.2, 0.25) is 5.02 Å². The summed E-state index contributed by atoms with van der Waals surface area (Å²) in [6.07, 6.45) is 4.12. The van der Waals surface area contributed by atoms with Crippen LogP contribution in [0.25, 0.3) is 5.69 Å². The summed E-state index contributed by atoms with van der Waals surface area (Å²) in [7, 11) is 0. The van der Waals surface area contributed by atoms with Gasteiger partial charge in [0.25, 0.3) is 0 Å². The van der Waals surface area contributed by atoms with E-state index in [2.05, 4.69) is 51.7 Å². The Hall–Kier alpha value is -3.88. The Morgan fingerprint density at radius 2 is 1.81 bits per heavy atom. The van der Waals surface area contributed by atoms with Crippen molar-refractivity contribution >= 4 is 46.3 Å². The fourth-order valence-electron chi connectivity index (χ4n) is 6.36. The molecule has 7 nitrogen and oxygen atoms in total. The van der Waals surface area contributed by atoms with Crippen LogP contribution in [0.4, 0.5) is 11.4 Å². The number of aromatic nitrogens is 2. The fourth-order valence-corrected chi connectivity index (χ4v) is 7.00. The van der Waals surface area contributed by atoms with Gasteiger partial charge in [0, 0.05) is 42.0 Å². The second-order valence-corrected chi connectivity index (χ2v) is 12.1. The van der Waals surface area contributed by atoms with Gasteiger partial charge in [0.1, 0.15) is 0 Å². The maximum absolute atomic E-state index is 11.7. The lowest BCUT2D eigenvalue weighted by Gasteiger charge is -2.33. The van der Waals surface area contributed by atoms with E-state index in [0.717, 1.165) is 71.6 Å². The predicted octanol–water partition coefficient (Wildman–Crippen LogP) is 7.25. The molecule has 0 radical (unpaired) electrons. The number of hydrogen-bond donors (Lipinski definition) is 2. The quantitative estimate of drug-likeness (QED) is 0.226. The molecule has 4 heterocycles. The first-order valence-electron chi connectivity index (χ1n) is 14.3. The number of nitrogens with zero attached hydrogens (tertiary/aromatic N) is 4. The standard InChI is InChI=1S/C33H34ClN5O2S/c1-20-12-15-37(16-13-20)29-11-10-25(19-27(29)34)39-31(30(36-33(39)42)28-9-4-5-14-35-28)26-17-21(2)38(22(26)3)24-8-6-7-23(18-24)32(40)41/h4-11,14,17-20,30-31H,12-13,15-16H2,1-3H3,(H,36,42)(H,40,41)/t30-,31-/m0/s1. The predicted molar refractivity (Wildman–Crippen MR) is 172 cm³/mol. The lowest BCUT2D eigenvalue weighted by atomic mass is 9.96. The number of piperidine rings is 1. The van der Waals surface area contributed by atoms with E-state index in [9.17, 15) is 9.90 Å². The molecule has 2 atom stereocenters. The topological polar surface area (TPSA) is 73.6 Å². The number of benzene rings is 2. The van der Waals surface area contributed by atoms with Gasteiger partial charge in [-0.1, -0.05) is 30.7 Å². The second-order valence-electron chi connectivity index (χ2n) is 11.3. The zero-order chi connectivity index (χ0) is 29.5. The van der Waals surface area contributed by atoms with E-state index in [1.165, 1.54) is 0 Å². The molecule has 0 amide bonds. The molecule has 2 fully saturated rings. The Morgan fingerprint density at radius 3 is 2.50 bits per heavy atom. The van der Waals surface area contributed by atoms with Crippen LogP contribution in [0.5, 0.6) is 0 Å². The SMILES string of the molecule is Cc1cc([C@H]2[C@H](c3ccccn3)NC(=S)N2c2ccc(N3CCC(C)CC3)c(Cl)c2)c(C)n1-c1cccc(C(=O)O)c1. The van der Waals surface area contributed by atoms with Crippen LogP contribution in [-0.4, -0.2) is 38.8 Å². The van der Waals surface area contributed by atoms with Crippen molar-refractivity contribution in [1.82, 2.24) is 14.9 Å². The molecule has 0 bridgehead atoms. The first kappa shape index (κ1) is 28.2. The summed E-state index contributed by atoms with van der Waals surface area (Å²) >= 11 is 12.9. The lowest BCUT2D eigenvalue weighted by molar-refractivity contribution is 0.0697. The van der Waals surface area contributed by atoms with Crippen molar-refractivity contribution in [3.63, 3.8) is 0 Å². The van der Waals surface area contributed by atoms with Crippen LogP contribution in [-0.2, 0) is 0 Å². The van der Waals surface area contributed by atoms with Gasteiger partial charge in [-0.25, -0.2) is 4.79 Å². The molecule has 2 N–H and O–H groups in total. The highest BCUT2D eigenvalue weighted by Gasteiger charge is 2.42. The highest BCUT2D eigenvalue weighted by atomic mass is 35.5. The van der Waals surface area contributed by atoms with Crippen LogP contribution in [0.15, 0.2) is 72.9 Å². The molecule has 0 aliphatic carbocycles. The van der Waals surface area contributed by atoms with Gasteiger partial charge in [-0.05, 0) is 105 Å². The molecule has 0 saturated carbocycles. The molecule has 6 rings (SSSR count). The number of rotatable bonds is 6. The summed E-state index contributed by atoms with van der Waals surface area (Å²) in [5, 5.41) is 14.5. The minimum absolute atomic E-state index is 0.208. The molecule has 2 aromatic heterocycles. The Labute approximate surface area is 256 Å². The Bertz CT molecular complexity index is 1650. The molecule has 2 aromatic carbocycles. The summed E-state index contributed by atoms with van der Waals surface area (Å²) < 4.78 is 2.10. The largest absolute Gasteiger partial charge is 0.478 e. The first-order valence-corrected chi connectivity index (χ1v) is 15.1. The molecule has 2 aliphatic heterocycles. The third-order valence-electron chi connectivity index (χ3n) is 8.57. The van der Waals surface area contributed by atoms with Gasteiger partial charge in [-0.15, -0.1) is 0 Å². The van der Waals surface area contributed by atoms with Gasteiger partial charge in [-0.2, -0.15) is 0 Å². The summed E-state index contributed by atoms with van der Waals surface area (Å²) in [5.41, 5.74) is 6.96. The summed E-state index contributed by atoms with van der Waals surface area (Å²) in [4.78, 5) is 20.9. The van der Waals surface area contributed by atoms with E-state index in [-0.39, 0.29) is 17.6 Å². The first-order chi connectivity index (χ1) is 20.2. The summed E-state index contributed by atoms with van der Waals surface area (Å²) in [5.74, 6) is -0.215. The van der Waals surface area contributed by atoms with E-state index in [0.29, 0.717) is 10.1 Å². The van der Waals surface area contributed by atoms with E-state index < -0.39 is 5.97 Å². The number of carboxylic acid groups (broad SMARTS) is 1. The summed E-state index contributed by atoms with van der Waals surface area (Å²) in [6, 6.07) is 20.9. The number of halogens is 1. The number of aryl methyl sites for hydroxylation is 1. The number of carboxylic acids is 1. The number of pyridine rings is 1. The van der Waals surface area contributed by atoms with Gasteiger partial charge in [0.2, 0.25) is 0 Å². The number of anilines is 2. The van der Waals surface area contributed by atoms with E-state index >= 15 is 0 Å². The summed E-state index contributed by atoms with van der Waals surface area (Å²) in [6.45, 7) is 8.42. The van der Waals surface area contributed by atoms with E-state index in [4.69, 9.17) is 28.8 Å². The average molecular weight is 600 g/mol. The second kappa shape index (κ2) is 11.4. The van der Waals surface area contributed by atoms with E-state index in [1.54, 1.807) is 24.4 Å². The van der Waals surface area contributed by atoms with Crippen molar-refractivity contribution in [2.75, 3.05) is 22.9 Å². The third kappa shape index (κ3) is 5.14. The fraction of sp³-hybridized carbons (Fsp3) is 0.303. The van der Waals surface area contributed by atoms with E-state index in [1.807, 2.05) is 37.3 Å². The van der Waals surface area contributed by atoms with Gasteiger partial charge in [0.15, 0.2) is 5.11 Å². The van der Waals surface area contributed by atoms with Gasteiger partial charge < -0.3 is 24.8 Å². The number of carbonyl (C=O) groups is 1. The monoisotopic (exact) mass is 599 g/mol. The van der Waals surface area contributed by atoms with Crippen molar-refractivity contribution in [2.45, 2.75) is 45.7 Å². The third-order valence-corrected chi connectivity index (χ3v) is 9.19. The Balaban J connectivity index is 1.44. The van der Waals surface area contributed by atoms with Crippen LogP contribution in [0, 0.1) is 19.8 Å². The highest BCUT2D eigenvalue weighted by Crippen LogP contribution is 2.45. The molecule has 2 saturated heterocycles. The van der Waals surface area contributed by atoms with Crippen molar-refractivity contribution in [3.8, 4) is 5.69 Å². The van der Waals surface area contributed by atoms with Crippen molar-refractivity contribution in [3.05, 3.63) is 106 Å². The zero-order valence-electron chi connectivity index (χ0n) is 23.9. The molecule has 0 unspecified atom stereocenters. The molecular weight excluding hydrogens is 566 g/mol. The lowest BCUT2D eigenvalue weighted by Crippen LogP contribution is -2.33. The van der Waals surface area contributed by atoms with Crippen molar-refractivity contribution < 1.29 is 9.90 Å². The minimum Gasteiger partial charge on any atom is -0.478 e. The maximum Gasteiger partial charge on any atom is 0.335 e. The van der Waals surface area contributed by atoms with Crippen molar-refractivity contribution in [2.24, 2.45) is 5.92 Å². The number of aromatic carboxylic acids is 1. The molecule has 216 valence electrons. The Kier molecular flexibility index (Phi) is 7.68. The zero-order valence-corrected chi connectivity index (χ0v) is 25.5. The molecule has 42 heavy (non-hydrogen) atoms. The average Bonchev–Trinajstić information content (AvgIpc) is 3.48. The van der Waals surface area contributed by atoms with Crippen LogP contribution in [0.3, 0.4) is 0 Å². The van der Waals surface area contributed by atoms with Gasteiger partial charge >= 0.3 is 5.97 Å². The number of nitrogens with one attached hydrogen (secondary N) is 1.